The zero-order chi connectivity index (χ0) is 22.2. The van der Waals surface area contributed by atoms with Gasteiger partial charge in [-0.2, -0.15) is 0 Å². The van der Waals surface area contributed by atoms with Crippen molar-refractivity contribution in [3.05, 3.63) is 33.8 Å². The van der Waals surface area contributed by atoms with Gasteiger partial charge >= 0.3 is 13.7 Å². The summed E-state index contributed by atoms with van der Waals surface area (Å²) in [5, 5.41) is 2.73. The summed E-state index contributed by atoms with van der Waals surface area (Å²) in [6.45, 7) is 2.64. The summed E-state index contributed by atoms with van der Waals surface area (Å²) in [5.41, 5.74) is 0.195. The number of amides is 1. The molecule has 1 unspecified atom stereocenters. The molecule has 0 bridgehead atoms. The topological polar surface area (TPSA) is 90.9 Å². The van der Waals surface area contributed by atoms with Crippen LogP contribution in [0.1, 0.15) is 30.6 Å². The minimum Gasteiger partial charge on any atom is -0.445 e. The second-order valence-corrected chi connectivity index (χ2v) is 11.0. The fourth-order valence-electron chi connectivity index (χ4n) is 2.11. The van der Waals surface area contributed by atoms with Gasteiger partial charge in [0, 0.05) is 12.0 Å². The predicted octanol–water partition coefficient (Wildman–Crippen LogP) is 6.25. The van der Waals surface area contributed by atoms with Gasteiger partial charge in [-0.15, -0.1) is 0 Å². The third-order valence-electron chi connectivity index (χ3n) is 3.27. The number of benzene rings is 1. The Hall–Kier alpha value is -0.240. The first kappa shape index (κ1) is 26.8. The highest BCUT2D eigenvalue weighted by molar-refractivity contribution is 7.54. The Morgan fingerprint density at radius 3 is 2.17 bits per heavy atom. The van der Waals surface area contributed by atoms with Crippen LogP contribution >= 0.6 is 65.6 Å². The van der Waals surface area contributed by atoms with Crippen molar-refractivity contribution in [2.24, 2.45) is 0 Å². The lowest BCUT2D eigenvalue weighted by atomic mass is 10.1. The Labute approximate surface area is 193 Å². The minimum atomic E-state index is -3.93. The van der Waals surface area contributed by atoms with Crippen LogP contribution in [0.5, 0.6) is 0 Å². The molecule has 0 aliphatic rings. The van der Waals surface area contributed by atoms with Crippen LogP contribution in [0.4, 0.5) is 4.79 Å². The number of alkyl carbamates (subject to hydrolysis) is 1. The largest absolute Gasteiger partial charge is 0.445 e. The predicted molar refractivity (Wildman–Crippen MR) is 115 cm³/mol. The molecule has 0 aliphatic carbocycles. The molecule has 13 heteroatoms. The maximum atomic E-state index is 13.1. The van der Waals surface area contributed by atoms with E-state index in [9.17, 15) is 14.2 Å². The van der Waals surface area contributed by atoms with Gasteiger partial charge < -0.3 is 19.1 Å². The molecular formula is C16H19Cl5NO6P. The number of alkyl halides is 3. The van der Waals surface area contributed by atoms with Gasteiger partial charge in [-0.3, -0.25) is 9.36 Å². The van der Waals surface area contributed by atoms with Crippen LogP contribution in [0, 0.1) is 0 Å². The van der Waals surface area contributed by atoms with E-state index in [2.05, 4.69) is 5.32 Å². The number of carbonyl (C=O) groups excluding carboxylic acids is 2. The lowest BCUT2D eigenvalue weighted by Gasteiger charge is -2.26. The number of ether oxygens (including phenoxy) is 1. The van der Waals surface area contributed by atoms with Gasteiger partial charge in [-0.1, -0.05) is 58.0 Å². The first-order chi connectivity index (χ1) is 13.4. The molecule has 0 radical (unpaired) electrons. The fourth-order valence-corrected chi connectivity index (χ4v) is 4.38. The number of nitrogens with one attached hydrogen (secondary N) is 1. The van der Waals surface area contributed by atoms with Crippen molar-refractivity contribution < 1.29 is 27.9 Å². The fraction of sp³-hybridized carbons (Fsp3) is 0.500. The van der Waals surface area contributed by atoms with Crippen LogP contribution in [-0.2, 0) is 18.3 Å². The van der Waals surface area contributed by atoms with Crippen molar-refractivity contribution in [3.8, 4) is 0 Å². The van der Waals surface area contributed by atoms with Gasteiger partial charge in [0.25, 0.3) is 0 Å². The molecule has 164 valence electrons. The summed E-state index contributed by atoms with van der Waals surface area (Å²) in [4.78, 5) is 24.8. The summed E-state index contributed by atoms with van der Waals surface area (Å²) >= 11 is 28.4. The molecule has 1 N–H and O–H groups in total. The molecule has 0 heterocycles. The molecule has 1 aromatic rings. The smallest absolute Gasteiger partial charge is 0.408 e. The van der Waals surface area contributed by atoms with Crippen molar-refractivity contribution in [2.45, 2.75) is 29.8 Å². The molecule has 0 fully saturated rings. The van der Waals surface area contributed by atoms with E-state index in [1.165, 1.54) is 18.2 Å². The quantitative estimate of drug-likeness (QED) is 0.219. The van der Waals surface area contributed by atoms with Crippen LogP contribution in [0.15, 0.2) is 18.2 Å². The van der Waals surface area contributed by atoms with Crippen LogP contribution in [-0.4, -0.2) is 41.3 Å². The number of hydrogen-bond acceptors (Lipinski definition) is 6. The average molecular weight is 530 g/mol. The van der Waals surface area contributed by atoms with Crippen LogP contribution < -0.4 is 5.32 Å². The van der Waals surface area contributed by atoms with Gasteiger partial charge in [-0.05, 0) is 32.0 Å². The van der Waals surface area contributed by atoms with Crippen LogP contribution in [0.2, 0.25) is 10.0 Å². The molecule has 1 aromatic carbocycles. The van der Waals surface area contributed by atoms with E-state index in [-0.39, 0.29) is 28.8 Å². The molecule has 0 aromatic heterocycles. The lowest BCUT2D eigenvalue weighted by Crippen LogP contribution is -2.39. The molecule has 7 nitrogen and oxygen atoms in total. The normalized spacial score (nSPS) is 13.1. The van der Waals surface area contributed by atoms with Crippen molar-refractivity contribution in [3.63, 3.8) is 0 Å². The number of halogens is 5. The second-order valence-electron chi connectivity index (χ2n) is 5.48. The van der Waals surface area contributed by atoms with Gasteiger partial charge in [0.1, 0.15) is 12.4 Å². The third-order valence-corrected chi connectivity index (χ3v) is 6.65. The summed E-state index contributed by atoms with van der Waals surface area (Å²) in [7, 11) is -3.93. The minimum absolute atomic E-state index is 0.0135. The summed E-state index contributed by atoms with van der Waals surface area (Å²) in [6, 6.07) is 4.25. The molecule has 1 amide bonds. The number of carbonyl (C=O) groups is 2. The Morgan fingerprint density at radius 2 is 1.69 bits per heavy atom. The highest BCUT2D eigenvalue weighted by Crippen LogP contribution is 2.53. The summed E-state index contributed by atoms with van der Waals surface area (Å²) < 4.78 is 26.6. The zero-order valence-corrected chi connectivity index (χ0v) is 20.1. The Kier molecular flexibility index (Phi) is 11.1. The van der Waals surface area contributed by atoms with Crippen molar-refractivity contribution in [1.82, 2.24) is 5.32 Å². The van der Waals surface area contributed by atoms with Crippen molar-refractivity contribution in [2.75, 3.05) is 19.8 Å². The number of hydrogen-bond donors (Lipinski definition) is 1. The summed E-state index contributed by atoms with van der Waals surface area (Å²) in [5.74, 6) is -1.85. The molecule has 1 atom stereocenters. The Morgan fingerprint density at radius 1 is 1.10 bits per heavy atom. The maximum absolute atomic E-state index is 13.1. The molecule has 0 aliphatic heterocycles. The number of ketones is 1. The molecule has 0 spiro atoms. The first-order valence-electron chi connectivity index (χ1n) is 8.29. The monoisotopic (exact) mass is 527 g/mol. The standard InChI is InChI=1S/C16H19Cl5NO6P/c1-3-27-29(25,28-4-2)14(22-15(24)26-9-16(19,20)21)8-13(23)10-5-6-11(17)12(18)7-10/h5-7,14H,3-4,8-9H2,1-2H3,(H,22,24). The molecule has 29 heavy (non-hydrogen) atoms. The number of Topliss-reactive ketones (excluding diaryl/α,β-unsaturated/α-hetero) is 1. The van der Waals surface area contributed by atoms with E-state index < -0.39 is 42.1 Å². The molecule has 0 saturated heterocycles. The number of rotatable bonds is 10. The molecule has 1 rings (SSSR count). The Bertz CT molecular complexity index is 763. The summed E-state index contributed by atoms with van der Waals surface area (Å²) in [6.07, 6.45) is -1.50. The zero-order valence-electron chi connectivity index (χ0n) is 15.4. The maximum Gasteiger partial charge on any atom is 0.408 e. The molecule has 0 saturated carbocycles. The molecular weight excluding hydrogens is 510 g/mol. The lowest BCUT2D eigenvalue weighted by molar-refractivity contribution is 0.0965. The van der Waals surface area contributed by atoms with E-state index in [0.29, 0.717) is 0 Å². The highest BCUT2D eigenvalue weighted by Gasteiger charge is 2.39. The van der Waals surface area contributed by atoms with Gasteiger partial charge in [0.15, 0.2) is 5.78 Å². The van der Waals surface area contributed by atoms with Gasteiger partial charge in [0.2, 0.25) is 3.79 Å². The first-order valence-corrected chi connectivity index (χ1v) is 11.8. The van der Waals surface area contributed by atoms with Gasteiger partial charge in [-0.25, -0.2) is 4.79 Å². The van der Waals surface area contributed by atoms with E-state index >= 15 is 0 Å². The van der Waals surface area contributed by atoms with Crippen molar-refractivity contribution >= 4 is 77.5 Å². The van der Waals surface area contributed by atoms with E-state index in [0.717, 1.165) is 0 Å². The van der Waals surface area contributed by atoms with Gasteiger partial charge in [0.05, 0.1) is 23.3 Å². The third kappa shape index (κ3) is 9.19. The van der Waals surface area contributed by atoms with Crippen molar-refractivity contribution in [1.29, 1.82) is 0 Å². The van der Waals surface area contributed by atoms with Crippen LogP contribution in [0.25, 0.3) is 0 Å². The van der Waals surface area contributed by atoms with Crippen LogP contribution in [0.3, 0.4) is 0 Å². The van der Waals surface area contributed by atoms with E-state index in [1.54, 1.807) is 13.8 Å². The SMILES string of the molecule is CCOP(=O)(OCC)C(CC(=O)c1ccc(Cl)c(Cl)c1)NC(=O)OCC(Cl)(Cl)Cl. The average Bonchev–Trinajstić information content (AvgIpc) is 2.61. The highest BCUT2D eigenvalue weighted by atomic mass is 35.6. The van der Waals surface area contributed by atoms with E-state index in [1.807, 2.05) is 0 Å². The second kappa shape index (κ2) is 12.0. The Balaban J connectivity index is 3.08. The van der Waals surface area contributed by atoms with E-state index in [4.69, 9.17) is 71.8 Å².